The first kappa shape index (κ1) is 11.4. The van der Waals surface area contributed by atoms with Crippen molar-refractivity contribution in [2.75, 3.05) is 11.4 Å². The molecule has 2 N–H and O–H groups in total. The molecule has 1 aliphatic rings. The second-order valence-corrected chi connectivity index (χ2v) is 5.42. The highest BCUT2D eigenvalue weighted by Gasteiger charge is 2.31. The molecule has 2 rings (SSSR count). The van der Waals surface area contributed by atoms with E-state index in [9.17, 15) is 0 Å². The van der Waals surface area contributed by atoms with E-state index in [-0.39, 0.29) is 5.54 Å². The number of hydrogen-bond donors (Lipinski definition) is 1. The third kappa shape index (κ3) is 2.05. The second kappa shape index (κ2) is 4.06. The molecule has 0 spiro atoms. The smallest absolute Gasteiger partial charge is 0.103 e. The Hall–Kier alpha value is -1.09. The highest BCUT2D eigenvalue weighted by molar-refractivity contribution is 7.80. The summed E-state index contributed by atoms with van der Waals surface area (Å²) in [4.78, 5) is 2.92. The summed E-state index contributed by atoms with van der Waals surface area (Å²) in [7, 11) is 0. The fraction of sp³-hybridized carbons (Fsp3) is 0.462. The number of rotatable bonds is 2. The molecular formula is C13H18N2S. The van der Waals surface area contributed by atoms with Crippen LogP contribution in [0, 0.1) is 0 Å². The lowest BCUT2D eigenvalue weighted by molar-refractivity contribution is 0.518. The van der Waals surface area contributed by atoms with Crippen LogP contribution in [0.2, 0.25) is 0 Å². The number of anilines is 1. The monoisotopic (exact) mass is 234 g/mol. The van der Waals surface area contributed by atoms with Gasteiger partial charge in [-0.25, -0.2) is 0 Å². The first-order chi connectivity index (χ1) is 7.50. The number of thiocarbonyl (C=S) groups is 1. The van der Waals surface area contributed by atoms with Crippen molar-refractivity contribution < 1.29 is 0 Å². The molecule has 1 fully saturated rings. The van der Waals surface area contributed by atoms with Gasteiger partial charge in [0.25, 0.3) is 0 Å². The van der Waals surface area contributed by atoms with Crippen molar-refractivity contribution in [2.24, 2.45) is 5.73 Å². The van der Waals surface area contributed by atoms with Crippen molar-refractivity contribution in [2.45, 2.75) is 32.2 Å². The van der Waals surface area contributed by atoms with E-state index >= 15 is 0 Å². The molecule has 0 radical (unpaired) electrons. The lowest BCUT2D eigenvalue weighted by Gasteiger charge is -2.33. The van der Waals surface area contributed by atoms with Gasteiger partial charge in [0, 0.05) is 23.3 Å². The largest absolute Gasteiger partial charge is 0.389 e. The van der Waals surface area contributed by atoms with E-state index < -0.39 is 0 Å². The van der Waals surface area contributed by atoms with Gasteiger partial charge >= 0.3 is 0 Å². The maximum absolute atomic E-state index is 5.59. The van der Waals surface area contributed by atoms with E-state index in [0.29, 0.717) is 4.99 Å². The highest BCUT2D eigenvalue weighted by Crippen LogP contribution is 2.33. The van der Waals surface area contributed by atoms with Crippen LogP contribution in [-0.4, -0.2) is 17.1 Å². The zero-order chi connectivity index (χ0) is 11.8. The van der Waals surface area contributed by atoms with Gasteiger partial charge in [-0.1, -0.05) is 12.2 Å². The first-order valence-electron chi connectivity index (χ1n) is 5.68. The van der Waals surface area contributed by atoms with Gasteiger partial charge in [-0.2, -0.15) is 0 Å². The molecule has 0 aromatic heterocycles. The SMILES string of the molecule is CC1(C)CCCN1c1ccc(C(N)=S)cc1. The standard InChI is InChI=1S/C13H18N2S/c1-13(2)8-3-9-15(13)11-6-4-10(5-7-11)12(14)16/h4-7H,3,8-9H2,1-2H3,(H2,14,16). The van der Waals surface area contributed by atoms with Gasteiger partial charge in [-0.3, -0.25) is 0 Å². The summed E-state index contributed by atoms with van der Waals surface area (Å²) in [5, 5.41) is 0. The van der Waals surface area contributed by atoms with Crippen molar-refractivity contribution >= 4 is 22.9 Å². The fourth-order valence-electron chi connectivity index (χ4n) is 2.39. The molecule has 1 heterocycles. The number of hydrogen-bond acceptors (Lipinski definition) is 2. The van der Waals surface area contributed by atoms with Gasteiger partial charge in [-0.05, 0) is 51.0 Å². The Morgan fingerprint density at radius 1 is 1.31 bits per heavy atom. The summed E-state index contributed by atoms with van der Waals surface area (Å²) >= 11 is 4.95. The van der Waals surface area contributed by atoms with Crippen LogP contribution in [0.15, 0.2) is 24.3 Å². The van der Waals surface area contributed by atoms with E-state index in [1.165, 1.54) is 18.5 Å². The average Bonchev–Trinajstić information content (AvgIpc) is 2.58. The van der Waals surface area contributed by atoms with E-state index in [4.69, 9.17) is 18.0 Å². The normalized spacial score (nSPS) is 18.8. The van der Waals surface area contributed by atoms with Crippen molar-refractivity contribution in [3.8, 4) is 0 Å². The Bertz CT molecular complexity index is 395. The summed E-state index contributed by atoms with van der Waals surface area (Å²) in [6.45, 7) is 5.72. The molecule has 0 unspecified atom stereocenters. The van der Waals surface area contributed by atoms with E-state index in [1.54, 1.807) is 0 Å². The molecule has 1 aromatic carbocycles. The van der Waals surface area contributed by atoms with Crippen molar-refractivity contribution in [3.05, 3.63) is 29.8 Å². The Morgan fingerprint density at radius 3 is 2.38 bits per heavy atom. The zero-order valence-corrected chi connectivity index (χ0v) is 10.7. The number of nitrogens with zero attached hydrogens (tertiary/aromatic N) is 1. The molecule has 0 aliphatic carbocycles. The van der Waals surface area contributed by atoms with Crippen LogP contribution in [0.1, 0.15) is 32.3 Å². The lowest BCUT2D eigenvalue weighted by Crippen LogP contribution is -2.38. The second-order valence-electron chi connectivity index (χ2n) is 4.98. The van der Waals surface area contributed by atoms with Crippen molar-refractivity contribution in [1.29, 1.82) is 0 Å². The molecule has 86 valence electrons. The first-order valence-corrected chi connectivity index (χ1v) is 6.09. The molecule has 0 saturated carbocycles. The van der Waals surface area contributed by atoms with Gasteiger partial charge in [0.1, 0.15) is 4.99 Å². The maximum atomic E-state index is 5.59. The summed E-state index contributed by atoms with van der Waals surface area (Å²) < 4.78 is 0. The van der Waals surface area contributed by atoms with E-state index in [1.807, 2.05) is 12.1 Å². The quantitative estimate of drug-likeness (QED) is 0.798. The Kier molecular flexibility index (Phi) is 2.89. The molecule has 1 aliphatic heterocycles. The number of benzene rings is 1. The maximum Gasteiger partial charge on any atom is 0.103 e. The zero-order valence-electron chi connectivity index (χ0n) is 9.86. The Labute approximate surface area is 102 Å². The minimum atomic E-state index is 0.269. The van der Waals surface area contributed by atoms with E-state index in [0.717, 1.165) is 12.1 Å². The van der Waals surface area contributed by atoms with Crippen LogP contribution in [0.4, 0.5) is 5.69 Å². The molecule has 0 bridgehead atoms. The predicted molar refractivity (Wildman–Crippen MR) is 73.0 cm³/mol. The molecular weight excluding hydrogens is 216 g/mol. The van der Waals surface area contributed by atoms with Crippen molar-refractivity contribution in [3.63, 3.8) is 0 Å². The predicted octanol–water partition coefficient (Wildman–Crippen LogP) is 2.70. The topological polar surface area (TPSA) is 29.3 Å². The molecule has 3 heteroatoms. The van der Waals surface area contributed by atoms with Crippen LogP contribution in [0.25, 0.3) is 0 Å². The van der Waals surface area contributed by atoms with Crippen LogP contribution in [0.5, 0.6) is 0 Å². The van der Waals surface area contributed by atoms with Crippen LogP contribution in [0.3, 0.4) is 0 Å². The summed E-state index contributed by atoms with van der Waals surface area (Å²) in [5.74, 6) is 0. The average molecular weight is 234 g/mol. The molecule has 0 amide bonds. The molecule has 0 atom stereocenters. The van der Waals surface area contributed by atoms with E-state index in [2.05, 4.69) is 30.9 Å². The minimum Gasteiger partial charge on any atom is -0.389 e. The van der Waals surface area contributed by atoms with Gasteiger partial charge < -0.3 is 10.6 Å². The number of nitrogens with two attached hydrogens (primary N) is 1. The van der Waals surface area contributed by atoms with Crippen LogP contribution >= 0.6 is 12.2 Å². The Balaban J connectivity index is 2.25. The van der Waals surface area contributed by atoms with Gasteiger partial charge in [0.2, 0.25) is 0 Å². The molecule has 1 aromatic rings. The molecule has 2 nitrogen and oxygen atoms in total. The van der Waals surface area contributed by atoms with Crippen molar-refractivity contribution in [1.82, 2.24) is 0 Å². The summed E-state index contributed by atoms with van der Waals surface area (Å²) in [6.07, 6.45) is 2.52. The van der Waals surface area contributed by atoms with Crippen LogP contribution in [-0.2, 0) is 0 Å². The third-order valence-corrected chi connectivity index (χ3v) is 3.60. The summed E-state index contributed by atoms with van der Waals surface area (Å²) in [5.41, 5.74) is 8.06. The van der Waals surface area contributed by atoms with Gasteiger partial charge in [0.05, 0.1) is 0 Å². The van der Waals surface area contributed by atoms with Gasteiger partial charge in [-0.15, -0.1) is 0 Å². The lowest BCUT2D eigenvalue weighted by atomic mass is 10.0. The Morgan fingerprint density at radius 2 is 1.94 bits per heavy atom. The fourth-order valence-corrected chi connectivity index (χ4v) is 2.53. The molecule has 16 heavy (non-hydrogen) atoms. The minimum absolute atomic E-state index is 0.269. The summed E-state index contributed by atoms with van der Waals surface area (Å²) in [6, 6.07) is 8.24. The highest BCUT2D eigenvalue weighted by atomic mass is 32.1. The van der Waals surface area contributed by atoms with Gasteiger partial charge in [0.15, 0.2) is 0 Å². The van der Waals surface area contributed by atoms with Crippen LogP contribution < -0.4 is 10.6 Å². The third-order valence-electron chi connectivity index (χ3n) is 3.36. The molecule has 1 saturated heterocycles.